The molecule has 1 amide bonds. The average Bonchev–Trinajstić information content (AvgIpc) is 2.76. The normalized spacial score (nSPS) is 12.8. The molecule has 0 aliphatic rings. The molecule has 1 aromatic heterocycles. The summed E-state index contributed by atoms with van der Waals surface area (Å²) in [6.07, 6.45) is 1.10. The Morgan fingerprint density at radius 3 is 2.60 bits per heavy atom. The standard InChI is InChI=1S/C15H23NO3S/c1-11(9-12-7-8-20-10-12)16-13(17)5-6-14(18)19-15(2,3)4/h7-8,10-11H,5-6,9H2,1-4H3,(H,16,17). The molecule has 112 valence electrons. The summed E-state index contributed by atoms with van der Waals surface area (Å²) in [7, 11) is 0. The van der Waals surface area contributed by atoms with Crippen LogP contribution < -0.4 is 5.32 Å². The summed E-state index contributed by atoms with van der Waals surface area (Å²) in [5, 5.41) is 6.99. The molecule has 20 heavy (non-hydrogen) atoms. The molecule has 0 spiro atoms. The van der Waals surface area contributed by atoms with Crippen LogP contribution in [0, 0.1) is 0 Å². The quantitative estimate of drug-likeness (QED) is 0.821. The lowest BCUT2D eigenvalue weighted by molar-refractivity contribution is -0.155. The van der Waals surface area contributed by atoms with Crippen LogP contribution in [-0.4, -0.2) is 23.5 Å². The fraction of sp³-hybridized carbons (Fsp3) is 0.600. The Morgan fingerprint density at radius 2 is 2.05 bits per heavy atom. The summed E-state index contributed by atoms with van der Waals surface area (Å²) in [6, 6.07) is 2.12. The van der Waals surface area contributed by atoms with E-state index < -0.39 is 5.60 Å². The van der Waals surface area contributed by atoms with Crippen LogP contribution in [0.5, 0.6) is 0 Å². The van der Waals surface area contributed by atoms with Gasteiger partial charge in [-0.05, 0) is 56.5 Å². The Kier molecular flexibility index (Phi) is 6.20. The van der Waals surface area contributed by atoms with E-state index in [-0.39, 0.29) is 30.8 Å². The van der Waals surface area contributed by atoms with Gasteiger partial charge in [0.15, 0.2) is 0 Å². The van der Waals surface area contributed by atoms with Gasteiger partial charge < -0.3 is 10.1 Å². The van der Waals surface area contributed by atoms with Crippen LogP contribution in [0.2, 0.25) is 0 Å². The molecule has 0 bridgehead atoms. The minimum Gasteiger partial charge on any atom is -0.460 e. The van der Waals surface area contributed by atoms with Crippen LogP contribution >= 0.6 is 11.3 Å². The second kappa shape index (κ2) is 7.43. The summed E-state index contributed by atoms with van der Waals surface area (Å²) in [5.74, 6) is -0.447. The van der Waals surface area contributed by atoms with Crippen LogP contribution in [0.4, 0.5) is 0 Å². The highest BCUT2D eigenvalue weighted by Gasteiger charge is 2.17. The molecule has 1 aromatic rings. The van der Waals surface area contributed by atoms with E-state index in [2.05, 4.69) is 10.7 Å². The average molecular weight is 297 g/mol. The third-order valence-corrected chi connectivity index (χ3v) is 3.24. The van der Waals surface area contributed by atoms with Crippen molar-refractivity contribution in [2.45, 2.75) is 58.6 Å². The maximum absolute atomic E-state index is 11.7. The van der Waals surface area contributed by atoms with Gasteiger partial charge in [-0.3, -0.25) is 9.59 Å². The highest BCUT2D eigenvalue weighted by atomic mass is 32.1. The first-order valence-electron chi connectivity index (χ1n) is 6.78. The van der Waals surface area contributed by atoms with Crippen molar-refractivity contribution >= 4 is 23.2 Å². The minimum atomic E-state index is -0.500. The molecular formula is C15H23NO3S. The second-order valence-electron chi connectivity index (χ2n) is 5.89. The third kappa shape index (κ3) is 7.28. The highest BCUT2D eigenvalue weighted by molar-refractivity contribution is 7.07. The monoisotopic (exact) mass is 297 g/mol. The van der Waals surface area contributed by atoms with E-state index in [0.717, 1.165) is 6.42 Å². The number of ether oxygens (including phenoxy) is 1. The van der Waals surface area contributed by atoms with Crippen LogP contribution in [0.1, 0.15) is 46.1 Å². The van der Waals surface area contributed by atoms with Gasteiger partial charge >= 0.3 is 5.97 Å². The van der Waals surface area contributed by atoms with Gasteiger partial charge in [-0.1, -0.05) is 0 Å². The van der Waals surface area contributed by atoms with Crippen molar-refractivity contribution in [1.82, 2.24) is 5.32 Å². The highest BCUT2D eigenvalue weighted by Crippen LogP contribution is 2.10. The first kappa shape index (κ1) is 16.7. The fourth-order valence-electron chi connectivity index (χ4n) is 1.77. The van der Waals surface area contributed by atoms with E-state index >= 15 is 0 Å². The minimum absolute atomic E-state index is 0.0655. The number of hydrogen-bond acceptors (Lipinski definition) is 4. The number of esters is 1. The molecule has 1 heterocycles. The predicted octanol–water partition coefficient (Wildman–Crippen LogP) is 2.92. The largest absolute Gasteiger partial charge is 0.460 e. The van der Waals surface area contributed by atoms with Gasteiger partial charge in [0.1, 0.15) is 5.60 Å². The van der Waals surface area contributed by atoms with Gasteiger partial charge in [0.05, 0.1) is 6.42 Å². The lowest BCUT2D eigenvalue weighted by atomic mass is 10.1. The van der Waals surface area contributed by atoms with E-state index in [9.17, 15) is 9.59 Å². The molecule has 0 saturated heterocycles. The van der Waals surface area contributed by atoms with Gasteiger partial charge in [-0.2, -0.15) is 11.3 Å². The number of hydrogen-bond donors (Lipinski definition) is 1. The van der Waals surface area contributed by atoms with Crippen molar-refractivity contribution in [3.63, 3.8) is 0 Å². The summed E-state index contributed by atoms with van der Waals surface area (Å²) < 4.78 is 5.16. The van der Waals surface area contributed by atoms with Gasteiger partial charge in [-0.25, -0.2) is 0 Å². The maximum atomic E-state index is 11.7. The first-order chi connectivity index (χ1) is 9.26. The molecule has 1 atom stereocenters. The van der Waals surface area contributed by atoms with Crippen LogP contribution in [0.25, 0.3) is 0 Å². The zero-order valence-electron chi connectivity index (χ0n) is 12.6. The Hall–Kier alpha value is -1.36. The van der Waals surface area contributed by atoms with Gasteiger partial charge in [0.2, 0.25) is 5.91 Å². The van der Waals surface area contributed by atoms with Crippen molar-refractivity contribution in [3.05, 3.63) is 22.4 Å². The van der Waals surface area contributed by atoms with Gasteiger partial charge in [0, 0.05) is 12.5 Å². The predicted molar refractivity (Wildman–Crippen MR) is 80.7 cm³/mol. The maximum Gasteiger partial charge on any atom is 0.306 e. The van der Waals surface area contributed by atoms with Crippen molar-refractivity contribution < 1.29 is 14.3 Å². The number of thiophene rings is 1. The fourth-order valence-corrected chi connectivity index (χ4v) is 2.45. The first-order valence-corrected chi connectivity index (χ1v) is 7.73. The third-order valence-electron chi connectivity index (χ3n) is 2.51. The Balaban J connectivity index is 2.24. The van der Waals surface area contributed by atoms with Crippen molar-refractivity contribution in [1.29, 1.82) is 0 Å². The van der Waals surface area contributed by atoms with E-state index in [4.69, 9.17) is 4.74 Å². The lowest BCUT2D eigenvalue weighted by Crippen LogP contribution is -2.34. The summed E-state index contributed by atoms with van der Waals surface area (Å²) in [4.78, 5) is 23.2. The molecule has 0 fully saturated rings. The number of nitrogens with one attached hydrogen (secondary N) is 1. The smallest absolute Gasteiger partial charge is 0.306 e. The molecule has 0 aliphatic heterocycles. The van der Waals surface area contributed by atoms with Crippen molar-refractivity contribution in [2.75, 3.05) is 0 Å². The van der Waals surface area contributed by atoms with E-state index in [1.807, 2.05) is 39.1 Å². The Labute approximate surface area is 124 Å². The molecule has 1 unspecified atom stereocenters. The molecule has 0 aliphatic carbocycles. The molecule has 1 N–H and O–H groups in total. The number of rotatable bonds is 6. The van der Waals surface area contributed by atoms with Gasteiger partial charge in [0.25, 0.3) is 0 Å². The molecule has 1 rings (SSSR count). The van der Waals surface area contributed by atoms with Crippen LogP contribution in [0.3, 0.4) is 0 Å². The van der Waals surface area contributed by atoms with Crippen molar-refractivity contribution in [3.8, 4) is 0 Å². The second-order valence-corrected chi connectivity index (χ2v) is 6.67. The molecule has 5 heteroatoms. The zero-order valence-corrected chi connectivity index (χ0v) is 13.4. The number of amides is 1. The molecule has 0 saturated carbocycles. The van der Waals surface area contributed by atoms with E-state index in [0.29, 0.717) is 0 Å². The Bertz CT molecular complexity index is 434. The Morgan fingerprint density at radius 1 is 1.35 bits per heavy atom. The zero-order chi connectivity index (χ0) is 15.2. The van der Waals surface area contributed by atoms with E-state index in [1.54, 1.807) is 11.3 Å². The summed E-state index contributed by atoms with van der Waals surface area (Å²) >= 11 is 1.65. The van der Waals surface area contributed by atoms with Gasteiger partial charge in [-0.15, -0.1) is 0 Å². The SMILES string of the molecule is CC(Cc1ccsc1)NC(=O)CCC(=O)OC(C)(C)C. The van der Waals surface area contributed by atoms with E-state index in [1.165, 1.54) is 5.56 Å². The van der Waals surface area contributed by atoms with Crippen molar-refractivity contribution in [2.24, 2.45) is 0 Å². The van der Waals surface area contributed by atoms with Crippen LogP contribution in [-0.2, 0) is 20.7 Å². The summed E-state index contributed by atoms with van der Waals surface area (Å²) in [6.45, 7) is 7.40. The molecular weight excluding hydrogens is 274 g/mol. The van der Waals surface area contributed by atoms with Crippen LogP contribution in [0.15, 0.2) is 16.8 Å². The summed E-state index contributed by atoms with van der Waals surface area (Å²) in [5.41, 5.74) is 0.717. The lowest BCUT2D eigenvalue weighted by Gasteiger charge is -2.19. The topological polar surface area (TPSA) is 55.4 Å². The molecule has 0 aromatic carbocycles. The number of carbonyl (C=O) groups excluding carboxylic acids is 2. The molecule has 4 nitrogen and oxygen atoms in total. The number of carbonyl (C=O) groups is 2. The molecule has 0 radical (unpaired) electrons.